The molecule has 1 aromatic carbocycles. The third-order valence-corrected chi connectivity index (χ3v) is 1.90. The van der Waals surface area contributed by atoms with E-state index in [1.165, 1.54) is 7.11 Å². The monoisotopic (exact) mass is 206 g/mol. The van der Waals surface area contributed by atoms with Gasteiger partial charge in [-0.2, -0.15) is 0 Å². The molecule has 0 unspecified atom stereocenters. The van der Waals surface area contributed by atoms with Crippen LogP contribution in [0.3, 0.4) is 0 Å². The lowest BCUT2D eigenvalue weighted by Gasteiger charge is -2.09. The van der Waals surface area contributed by atoms with Crippen molar-refractivity contribution in [3.63, 3.8) is 0 Å². The minimum absolute atomic E-state index is 0.432. The van der Waals surface area contributed by atoms with Crippen molar-refractivity contribution in [2.75, 3.05) is 12.5 Å². The normalized spacial score (nSPS) is 9.67. The molecule has 0 atom stereocenters. The van der Waals surface area contributed by atoms with Crippen molar-refractivity contribution in [1.82, 2.24) is 0 Å². The second-order valence-electron chi connectivity index (χ2n) is 2.11. The summed E-state index contributed by atoms with van der Waals surface area (Å²) in [4.78, 5) is 0. The molecule has 66 valence electrons. The highest BCUT2D eigenvalue weighted by Crippen LogP contribution is 2.34. The van der Waals surface area contributed by atoms with Crippen LogP contribution >= 0.6 is 23.2 Å². The van der Waals surface area contributed by atoms with Gasteiger partial charge in [-0.3, -0.25) is 5.84 Å². The van der Waals surface area contributed by atoms with E-state index in [4.69, 9.17) is 33.8 Å². The summed E-state index contributed by atoms with van der Waals surface area (Å²) in [6.45, 7) is 0. The molecule has 0 bridgehead atoms. The van der Waals surface area contributed by atoms with E-state index < -0.39 is 0 Å². The lowest BCUT2D eigenvalue weighted by molar-refractivity contribution is 0.416. The van der Waals surface area contributed by atoms with Crippen LogP contribution in [0.4, 0.5) is 5.69 Å². The van der Waals surface area contributed by atoms with Gasteiger partial charge in [-0.25, -0.2) is 0 Å². The maximum Gasteiger partial charge on any atom is 0.146 e. The smallest absolute Gasteiger partial charge is 0.146 e. The lowest BCUT2D eigenvalue weighted by Crippen LogP contribution is -2.08. The molecule has 0 aromatic heterocycles. The topological polar surface area (TPSA) is 47.3 Å². The van der Waals surface area contributed by atoms with Crippen molar-refractivity contribution in [3.05, 3.63) is 22.2 Å². The molecule has 0 radical (unpaired) electrons. The highest BCUT2D eigenvalue weighted by molar-refractivity contribution is 6.36. The molecular weight excluding hydrogens is 199 g/mol. The van der Waals surface area contributed by atoms with Gasteiger partial charge in [-0.05, 0) is 6.07 Å². The SMILES string of the molecule is COc1cc(Cl)cc(Cl)c1NN. The summed E-state index contributed by atoms with van der Waals surface area (Å²) in [5.41, 5.74) is 2.96. The lowest BCUT2D eigenvalue weighted by atomic mass is 10.3. The Morgan fingerprint density at radius 1 is 1.42 bits per heavy atom. The van der Waals surface area contributed by atoms with Crippen LogP contribution < -0.4 is 16.0 Å². The Balaban J connectivity index is 3.24. The molecule has 0 amide bonds. The average Bonchev–Trinajstić information content (AvgIpc) is 2.03. The number of nitrogens with one attached hydrogen (secondary N) is 1. The van der Waals surface area contributed by atoms with Crippen LogP contribution in [0.15, 0.2) is 12.1 Å². The number of rotatable bonds is 2. The summed E-state index contributed by atoms with van der Waals surface area (Å²) >= 11 is 11.5. The van der Waals surface area contributed by atoms with Crippen LogP contribution in [0.2, 0.25) is 10.0 Å². The minimum Gasteiger partial charge on any atom is -0.494 e. The Kier molecular flexibility index (Phi) is 3.03. The number of ether oxygens (including phenoxy) is 1. The number of benzene rings is 1. The van der Waals surface area contributed by atoms with E-state index in [0.29, 0.717) is 21.5 Å². The first kappa shape index (κ1) is 9.45. The molecule has 0 saturated carbocycles. The highest BCUT2D eigenvalue weighted by Gasteiger charge is 2.07. The van der Waals surface area contributed by atoms with Crippen LogP contribution in [0.25, 0.3) is 0 Å². The fraction of sp³-hybridized carbons (Fsp3) is 0.143. The fourth-order valence-electron chi connectivity index (χ4n) is 0.851. The number of nitrogens with two attached hydrogens (primary N) is 1. The van der Waals surface area contributed by atoms with Gasteiger partial charge >= 0.3 is 0 Å². The van der Waals surface area contributed by atoms with Gasteiger partial charge in [0.2, 0.25) is 0 Å². The average molecular weight is 207 g/mol. The third-order valence-electron chi connectivity index (χ3n) is 1.38. The van der Waals surface area contributed by atoms with Crippen molar-refractivity contribution in [3.8, 4) is 5.75 Å². The third kappa shape index (κ3) is 1.75. The number of nitrogen functional groups attached to an aromatic ring is 1. The molecule has 12 heavy (non-hydrogen) atoms. The molecule has 5 heteroatoms. The van der Waals surface area contributed by atoms with E-state index in [2.05, 4.69) is 5.43 Å². The summed E-state index contributed by atoms with van der Waals surface area (Å²) < 4.78 is 4.99. The van der Waals surface area contributed by atoms with Crippen LogP contribution in [0.5, 0.6) is 5.75 Å². The van der Waals surface area contributed by atoms with Crippen LogP contribution in [-0.2, 0) is 0 Å². The maximum atomic E-state index is 5.81. The van der Waals surface area contributed by atoms with Gasteiger partial charge in [0.15, 0.2) is 0 Å². The van der Waals surface area contributed by atoms with E-state index in [-0.39, 0.29) is 0 Å². The van der Waals surface area contributed by atoms with Crippen molar-refractivity contribution >= 4 is 28.9 Å². The van der Waals surface area contributed by atoms with Gasteiger partial charge in [0.1, 0.15) is 11.4 Å². The van der Waals surface area contributed by atoms with Gasteiger partial charge in [-0.1, -0.05) is 23.2 Å². The molecule has 0 saturated heterocycles. The predicted octanol–water partition coefficient (Wildman–Crippen LogP) is 2.29. The first-order valence-corrected chi connectivity index (χ1v) is 3.94. The van der Waals surface area contributed by atoms with E-state index >= 15 is 0 Å². The van der Waals surface area contributed by atoms with E-state index in [1.54, 1.807) is 12.1 Å². The molecule has 1 rings (SSSR count). The Hall–Kier alpha value is -0.640. The second kappa shape index (κ2) is 3.85. The Bertz CT molecular complexity index is 291. The van der Waals surface area contributed by atoms with Gasteiger partial charge in [0, 0.05) is 11.1 Å². The van der Waals surface area contributed by atoms with Crippen molar-refractivity contribution in [2.45, 2.75) is 0 Å². The molecule has 0 aliphatic carbocycles. The van der Waals surface area contributed by atoms with E-state index in [9.17, 15) is 0 Å². The van der Waals surface area contributed by atoms with Crippen molar-refractivity contribution in [2.24, 2.45) is 5.84 Å². The predicted molar refractivity (Wildman–Crippen MR) is 50.8 cm³/mol. The highest BCUT2D eigenvalue weighted by atomic mass is 35.5. The quantitative estimate of drug-likeness (QED) is 0.577. The zero-order valence-electron chi connectivity index (χ0n) is 6.40. The number of anilines is 1. The van der Waals surface area contributed by atoms with Crippen LogP contribution in [0.1, 0.15) is 0 Å². The zero-order chi connectivity index (χ0) is 9.14. The summed E-state index contributed by atoms with van der Waals surface area (Å²) in [6.07, 6.45) is 0. The summed E-state index contributed by atoms with van der Waals surface area (Å²) in [6, 6.07) is 3.21. The van der Waals surface area contributed by atoms with Crippen molar-refractivity contribution in [1.29, 1.82) is 0 Å². The summed E-state index contributed by atoms with van der Waals surface area (Å²) in [7, 11) is 1.52. The number of halogens is 2. The second-order valence-corrected chi connectivity index (χ2v) is 2.95. The number of hydrogen-bond acceptors (Lipinski definition) is 3. The van der Waals surface area contributed by atoms with Gasteiger partial charge in [-0.15, -0.1) is 0 Å². The Labute approximate surface area is 80.4 Å². The Morgan fingerprint density at radius 2 is 2.08 bits per heavy atom. The maximum absolute atomic E-state index is 5.81. The number of methoxy groups -OCH3 is 1. The van der Waals surface area contributed by atoms with Gasteiger partial charge < -0.3 is 10.2 Å². The first-order valence-electron chi connectivity index (χ1n) is 3.18. The van der Waals surface area contributed by atoms with E-state index in [1.807, 2.05) is 0 Å². The fourth-order valence-corrected chi connectivity index (χ4v) is 1.38. The largest absolute Gasteiger partial charge is 0.494 e. The first-order chi connectivity index (χ1) is 5.69. The molecular formula is C7H8Cl2N2O. The number of hydrazine groups is 1. The van der Waals surface area contributed by atoms with Crippen molar-refractivity contribution < 1.29 is 4.74 Å². The van der Waals surface area contributed by atoms with Crippen LogP contribution in [0, 0.1) is 0 Å². The molecule has 1 aromatic rings. The minimum atomic E-state index is 0.432. The molecule has 0 aliphatic rings. The molecule has 0 heterocycles. The number of hydrogen-bond donors (Lipinski definition) is 2. The van der Waals surface area contributed by atoms with Gasteiger partial charge in [0.25, 0.3) is 0 Å². The molecule has 0 fully saturated rings. The zero-order valence-corrected chi connectivity index (χ0v) is 7.91. The molecule has 0 aliphatic heterocycles. The molecule has 3 N–H and O–H groups in total. The molecule has 0 spiro atoms. The van der Waals surface area contributed by atoms with E-state index in [0.717, 1.165) is 0 Å². The summed E-state index contributed by atoms with van der Waals surface area (Å²) in [5, 5.41) is 0.942. The Morgan fingerprint density at radius 3 is 2.58 bits per heavy atom. The molecule has 3 nitrogen and oxygen atoms in total. The van der Waals surface area contributed by atoms with Gasteiger partial charge in [0.05, 0.1) is 12.1 Å². The van der Waals surface area contributed by atoms with Crippen LogP contribution in [-0.4, -0.2) is 7.11 Å². The summed E-state index contributed by atoms with van der Waals surface area (Å²) in [5.74, 6) is 5.74. The standard InChI is InChI=1S/C7H8Cl2N2O/c1-12-6-3-4(8)2-5(9)7(6)11-10/h2-3,11H,10H2,1H3.